The van der Waals surface area contributed by atoms with Crippen molar-refractivity contribution < 1.29 is 4.79 Å². The van der Waals surface area contributed by atoms with Gasteiger partial charge in [-0.25, -0.2) is 4.52 Å². The molecule has 0 radical (unpaired) electrons. The van der Waals surface area contributed by atoms with E-state index in [-0.39, 0.29) is 11.9 Å². The molecule has 112 valence electrons. The van der Waals surface area contributed by atoms with Crippen molar-refractivity contribution in [1.29, 1.82) is 0 Å². The normalized spacial score (nSPS) is 12.3. The summed E-state index contributed by atoms with van der Waals surface area (Å²) in [4.78, 5) is 18.6. The number of carbonyl (C=O) groups is 1. The molecule has 1 atom stereocenters. The molecule has 22 heavy (non-hydrogen) atoms. The number of carbonyl (C=O) groups excluding carboxylic acids is 1. The Hall–Kier alpha value is -2.83. The molecule has 0 saturated heterocycles. The van der Waals surface area contributed by atoms with Crippen LogP contribution in [0.15, 0.2) is 42.9 Å². The van der Waals surface area contributed by atoms with Crippen molar-refractivity contribution in [3.8, 4) is 0 Å². The molecule has 3 heterocycles. The zero-order chi connectivity index (χ0) is 15.5. The quantitative estimate of drug-likeness (QED) is 0.733. The molecule has 0 aliphatic rings. The van der Waals surface area contributed by atoms with E-state index in [4.69, 9.17) is 0 Å². The van der Waals surface area contributed by atoms with Crippen LogP contribution in [-0.4, -0.2) is 42.9 Å². The molecule has 0 unspecified atom stereocenters. The van der Waals surface area contributed by atoms with Crippen LogP contribution < -0.4 is 0 Å². The van der Waals surface area contributed by atoms with Crippen molar-refractivity contribution in [1.82, 2.24) is 29.9 Å². The van der Waals surface area contributed by atoms with Crippen molar-refractivity contribution in [3.05, 3.63) is 54.0 Å². The lowest BCUT2D eigenvalue weighted by Gasteiger charge is -2.27. The number of hydrogen-bond donors (Lipinski definition) is 0. The van der Waals surface area contributed by atoms with Crippen LogP contribution in [0.5, 0.6) is 0 Å². The zero-order valence-corrected chi connectivity index (χ0v) is 12.4. The monoisotopic (exact) mass is 296 g/mol. The van der Waals surface area contributed by atoms with Gasteiger partial charge >= 0.3 is 0 Å². The molecule has 1 amide bonds. The van der Waals surface area contributed by atoms with Crippen LogP contribution in [0, 0.1) is 0 Å². The van der Waals surface area contributed by atoms with Crippen LogP contribution >= 0.6 is 0 Å². The first-order chi connectivity index (χ1) is 10.7. The molecule has 0 aliphatic carbocycles. The van der Waals surface area contributed by atoms with Gasteiger partial charge in [0.15, 0.2) is 5.65 Å². The molecule has 7 nitrogen and oxygen atoms in total. The number of pyridine rings is 2. The maximum absolute atomic E-state index is 12.7. The van der Waals surface area contributed by atoms with Crippen molar-refractivity contribution >= 4 is 11.6 Å². The molecular weight excluding hydrogens is 280 g/mol. The van der Waals surface area contributed by atoms with Crippen LogP contribution in [0.2, 0.25) is 0 Å². The summed E-state index contributed by atoms with van der Waals surface area (Å²) >= 11 is 0. The molecule has 0 bridgehead atoms. The maximum Gasteiger partial charge on any atom is 0.254 e. The first-order valence-corrected chi connectivity index (χ1v) is 7.05. The van der Waals surface area contributed by atoms with Gasteiger partial charge in [-0.3, -0.25) is 9.78 Å². The average molecular weight is 296 g/mol. The lowest BCUT2D eigenvalue weighted by atomic mass is 10.0. The van der Waals surface area contributed by atoms with Crippen molar-refractivity contribution in [2.45, 2.75) is 19.4 Å². The third kappa shape index (κ3) is 2.52. The van der Waals surface area contributed by atoms with Crippen molar-refractivity contribution in [2.24, 2.45) is 0 Å². The van der Waals surface area contributed by atoms with Gasteiger partial charge in [0.05, 0.1) is 6.04 Å². The summed E-state index contributed by atoms with van der Waals surface area (Å²) < 4.78 is 1.52. The highest BCUT2D eigenvalue weighted by Gasteiger charge is 2.22. The topological polar surface area (TPSA) is 76.3 Å². The number of nitrogens with zero attached hydrogens (tertiary/aromatic N) is 6. The first-order valence-electron chi connectivity index (χ1n) is 7.05. The molecule has 3 aromatic rings. The third-order valence-corrected chi connectivity index (χ3v) is 3.69. The summed E-state index contributed by atoms with van der Waals surface area (Å²) in [6, 6.07) is 7.25. The van der Waals surface area contributed by atoms with Gasteiger partial charge in [0.2, 0.25) is 0 Å². The second kappa shape index (κ2) is 5.88. The smallest absolute Gasteiger partial charge is 0.254 e. The molecule has 0 aliphatic heterocycles. The predicted molar refractivity (Wildman–Crippen MR) is 80.1 cm³/mol. The fourth-order valence-corrected chi connectivity index (χ4v) is 2.52. The van der Waals surface area contributed by atoms with Gasteiger partial charge in [-0.15, -0.1) is 5.10 Å². The fraction of sp³-hybridized carbons (Fsp3) is 0.267. The van der Waals surface area contributed by atoms with Crippen LogP contribution in [0.3, 0.4) is 0 Å². The van der Waals surface area contributed by atoms with Crippen LogP contribution in [0.25, 0.3) is 5.65 Å². The summed E-state index contributed by atoms with van der Waals surface area (Å²) in [5.74, 6) is -0.0683. The Bertz CT molecular complexity index is 785. The van der Waals surface area contributed by atoms with Gasteiger partial charge in [0.25, 0.3) is 5.91 Å². The Morgan fingerprint density at radius 2 is 2.27 bits per heavy atom. The largest absolute Gasteiger partial charge is 0.335 e. The number of aromatic nitrogens is 5. The van der Waals surface area contributed by atoms with Gasteiger partial charge in [-0.05, 0) is 40.6 Å². The van der Waals surface area contributed by atoms with E-state index >= 15 is 0 Å². The van der Waals surface area contributed by atoms with Crippen LogP contribution in [-0.2, 0) is 0 Å². The van der Waals surface area contributed by atoms with Gasteiger partial charge in [0, 0.05) is 31.2 Å². The SMILES string of the molecule is CC[C@H](c1cccnc1)N(C)C(=O)c1ccn2nnnc2c1. The standard InChI is InChI=1S/C15H16N6O/c1-3-13(12-5-4-7-16-10-12)20(2)15(22)11-6-8-21-14(9-11)17-18-19-21/h4-10,13H,3H2,1-2H3/t13-/m1/s1. The summed E-state index contributed by atoms with van der Waals surface area (Å²) in [6.07, 6.45) is 6.01. The summed E-state index contributed by atoms with van der Waals surface area (Å²) in [7, 11) is 1.80. The maximum atomic E-state index is 12.7. The van der Waals surface area contributed by atoms with Gasteiger partial charge in [-0.2, -0.15) is 0 Å². The number of hydrogen-bond acceptors (Lipinski definition) is 5. The Balaban J connectivity index is 1.89. The Morgan fingerprint density at radius 3 is 3.00 bits per heavy atom. The highest BCUT2D eigenvalue weighted by Crippen LogP contribution is 2.23. The average Bonchev–Trinajstić information content (AvgIpc) is 3.03. The lowest BCUT2D eigenvalue weighted by Crippen LogP contribution is -2.31. The Morgan fingerprint density at radius 1 is 1.41 bits per heavy atom. The molecule has 0 fully saturated rings. The number of amides is 1. The van der Waals surface area contributed by atoms with E-state index in [0.29, 0.717) is 11.2 Å². The van der Waals surface area contributed by atoms with E-state index in [0.717, 1.165) is 12.0 Å². The molecule has 0 saturated carbocycles. The molecule has 0 spiro atoms. The van der Waals surface area contributed by atoms with E-state index in [1.165, 1.54) is 4.52 Å². The first kappa shape index (κ1) is 14.1. The van der Waals surface area contributed by atoms with Crippen molar-refractivity contribution in [3.63, 3.8) is 0 Å². The highest BCUT2D eigenvalue weighted by atomic mass is 16.2. The van der Waals surface area contributed by atoms with Gasteiger partial charge in [-0.1, -0.05) is 13.0 Å². The summed E-state index contributed by atoms with van der Waals surface area (Å²) in [5.41, 5.74) is 2.13. The number of rotatable bonds is 4. The molecule has 0 N–H and O–H groups in total. The second-order valence-electron chi connectivity index (χ2n) is 5.02. The van der Waals surface area contributed by atoms with E-state index in [1.54, 1.807) is 42.7 Å². The minimum absolute atomic E-state index is 0.0200. The lowest BCUT2D eigenvalue weighted by molar-refractivity contribution is 0.0726. The molecule has 0 aromatic carbocycles. The molecular formula is C15H16N6O. The summed E-state index contributed by atoms with van der Waals surface area (Å²) in [5, 5.41) is 11.2. The second-order valence-corrected chi connectivity index (χ2v) is 5.02. The minimum atomic E-state index is -0.0683. The van der Waals surface area contributed by atoms with Crippen molar-refractivity contribution in [2.75, 3.05) is 7.05 Å². The zero-order valence-electron chi connectivity index (χ0n) is 12.4. The Labute approximate surface area is 127 Å². The Kier molecular flexibility index (Phi) is 3.78. The minimum Gasteiger partial charge on any atom is -0.335 e. The van der Waals surface area contributed by atoms with E-state index in [2.05, 4.69) is 20.5 Å². The highest BCUT2D eigenvalue weighted by molar-refractivity contribution is 5.95. The van der Waals surface area contributed by atoms with E-state index < -0.39 is 0 Å². The van der Waals surface area contributed by atoms with E-state index in [1.807, 2.05) is 19.1 Å². The third-order valence-electron chi connectivity index (χ3n) is 3.69. The van der Waals surface area contributed by atoms with Gasteiger partial charge < -0.3 is 4.90 Å². The van der Waals surface area contributed by atoms with Crippen LogP contribution in [0.1, 0.15) is 35.3 Å². The predicted octanol–water partition coefficient (Wildman–Crippen LogP) is 1.74. The summed E-state index contributed by atoms with van der Waals surface area (Å²) in [6.45, 7) is 2.05. The van der Waals surface area contributed by atoms with E-state index in [9.17, 15) is 4.79 Å². The molecule has 3 aromatic heterocycles. The van der Waals surface area contributed by atoms with Crippen LogP contribution in [0.4, 0.5) is 0 Å². The fourth-order valence-electron chi connectivity index (χ4n) is 2.52. The molecule has 7 heteroatoms. The number of fused-ring (bicyclic) bond motifs is 1. The van der Waals surface area contributed by atoms with Gasteiger partial charge in [0.1, 0.15) is 0 Å². The number of tetrazole rings is 1. The molecule has 3 rings (SSSR count).